The van der Waals surface area contributed by atoms with E-state index in [-0.39, 0.29) is 6.03 Å². The molecular formula is C12H23N3O. The summed E-state index contributed by atoms with van der Waals surface area (Å²) in [6.45, 7) is 1.80. The first-order valence-corrected chi connectivity index (χ1v) is 6.62. The first kappa shape index (κ1) is 11.7. The number of carbonyl (C=O) groups is 1. The average molecular weight is 225 g/mol. The van der Waals surface area contributed by atoms with Gasteiger partial charge in [-0.15, -0.1) is 0 Å². The number of hydrogen-bond acceptors (Lipinski definition) is 2. The second-order valence-corrected chi connectivity index (χ2v) is 4.96. The molecule has 0 aromatic rings. The van der Waals surface area contributed by atoms with Crippen LogP contribution in [0.3, 0.4) is 0 Å². The summed E-state index contributed by atoms with van der Waals surface area (Å²) in [6, 6.07) is 1.20. The smallest absolute Gasteiger partial charge is 0.315 e. The topological polar surface area (TPSA) is 53.2 Å². The van der Waals surface area contributed by atoms with Crippen molar-refractivity contribution in [2.75, 3.05) is 13.1 Å². The van der Waals surface area contributed by atoms with Gasteiger partial charge < -0.3 is 16.0 Å². The normalized spacial score (nSPS) is 21.0. The molecule has 4 heteroatoms. The van der Waals surface area contributed by atoms with Crippen LogP contribution in [-0.4, -0.2) is 31.2 Å². The maximum Gasteiger partial charge on any atom is 0.315 e. The third-order valence-corrected chi connectivity index (χ3v) is 3.34. The van der Waals surface area contributed by atoms with Crippen molar-refractivity contribution in [2.24, 2.45) is 0 Å². The second-order valence-electron chi connectivity index (χ2n) is 4.96. The number of urea groups is 1. The van der Waals surface area contributed by atoms with E-state index in [2.05, 4.69) is 16.0 Å². The van der Waals surface area contributed by atoms with Gasteiger partial charge in [-0.3, -0.25) is 0 Å². The second kappa shape index (κ2) is 6.09. The van der Waals surface area contributed by atoms with Crippen molar-refractivity contribution in [1.82, 2.24) is 16.0 Å². The molecule has 0 bridgehead atoms. The highest BCUT2D eigenvalue weighted by Gasteiger charge is 2.19. The molecule has 2 saturated carbocycles. The molecule has 0 saturated heterocycles. The molecule has 4 nitrogen and oxygen atoms in total. The Kier molecular flexibility index (Phi) is 4.45. The quantitative estimate of drug-likeness (QED) is 0.598. The molecular weight excluding hydrogens is 202 g/mol. The Morgan fingerprint density at radius 1 is 1.00 bits per heavy atom. The lowest BCUT2D eigenvalue weighted by molar-refractivity contribution is 0.237. The van der Waals surface area contributed by atoms with Crippen LogP contribution >= 0.6 is 0 Å². The van der Waals surface area contributed by atoms with E-state index in [0.717, 1.165) is 38.4 Å². The van der Waals surface area contributed by atoms with Gasteiger partial charge in [-0.05, 0) is 38.6 Å². The van der Waals surface area contributed by atoms with Crippen molar-refractivity contribution in [3.8, 4) is 0 Å². The summed E-state index contributed by atoms with van der Waals surface area (Å²) < 4.78 is 0. The standard InChI is InChI=1S/C12H23N3O/c16-12(15-11-4-1-2-5-11)14-9-3-8-13-10-6-7-10/h10-11,13H,1-9H2,(H2,14,15,16). The lowest BCUT2D eigenvalue weighted by Gasteiger charge is -2.12. The van der Waals surface area contributed by atoms with Gasteiger partial charge in [-0.25, -0.2) is 4.79 Å². The molecule has 0 heterocycles. The van der Waals surface area contributed by atoms with Crippen molar-refractivity contribution in [1.29, 1.82) is 0 Å². The average Bonchev–Trinajstić information content (AvgIpc) is 2.95. The fraction of sp³-hybridized carbons (Fsp3) is 0.917. The van der Waals surface area contributed by atoms with Crippen molar-refractivity contribution < 1.29 is 4.79 Å². The minimum absolute atomic E-state index is 0.0123. The number of carbonyl (C=O) groups excluding carboxylic acids is 1. The molecule has 2 aliphatic carbocycles. The Hall–Kier alpha value is -0.770. The highest BCUT2D eigenvalue weighted by molar-refractivity contribution is 5.74. The summed E-state index contributed by atoms with van der Waals surface area (Å²) in [4.78, 5) is 11.5. The number of amides is 2. The lowest BCUT2D eigenvalue weighted by atomic mass is 10.2. The summed E-state index contributed by atoms with van der Waals surface area (Å²) in [6.07, 6.45) is 8.50. The monoisotopic (exact) mass is 225 g/mol. The first-order valence-electron chi connectivity index (χ1n) is 6.62. The van der Waals surface area contributed by atoms with E-state index in [9.17, 15) is 4.79 Å². The Balaban J connectivity index is 1.43. The Bertz CT molecular complexity index is 222. The maximum atomic E-state index is 11.5. The van der Waals surface area contributed by atoms with E-state index >= 15 is 0 Å². The van der Waals surface area contributed by atoms with Gasteiger partial charge in [0.15, 0.2) is 0 Å². The van der Waals surface area contributed by atoms with Crippen LogP contribution in [0.15, 0.2) is 0 Å². The summed E-state index contributed by atoms with van der Waals surface area (Å²) >= 11 is 0. The fourth-order valence-corrected chi connectivity index (χ4v) is 2.19. The summed E-state index contributed by atoms with van der Waals surface area (Å²) in [5.41, 5.74) is 0. The van der Waals surface area contributed by atoms with Crippen molar-refractivity contribution in [2.45, 2.75) is 57.0 Å². The highest BCUT2D eigenvalue weighted by Crippen LogP contribution is 2.18. The maximum absolute atomic E-state index is 11.5. The number of rotatable bonds is 6. The van der Waals surface area contributed by atoms with Crippen molar-refractivity contribution >= 4 is 6.03 Å². The Labute approximate surface area is 97.6 Å². The molecule has 0 atom stereocenters. The summed E-state index contributed by atoms with van der Waals surface area (Å²) in [7, 11) is 0. The minimum atomic E-state index is 0.0123. The zero-order valence-corrected chi connectivity index (χ0v) is 9.93. The molecule has 2 amide bonds. The molecule has 0 aliphatic heterocycles. The molecule has 0 spiro atoms. The van der Waals surface area contributed by atoms with E-state index in [1.165, 1.54) is 25.7 Å². The molecule has 2 aliphatic rings. The van der Waals surface area contributed by atoms with Crippen LogP contribution in [0.25, 0.3) is 0 Å². The van der Waals surface area contributed by atoms with E-state index in [1.54, 1.807) is 0 Å². The number of hydrogen-bond donors (Lipinski definition) is 3. The van der Waals surface area contributed by atoms with E-state index < -0.39 is 0 Å². The number of nitrogens with one attached hydrogen (secondary N) is 3. The Morgan fingerprint density at radius 2 is 1.75 bits per heavy atom. The fourth-order valence-electron chi connectivity index (χ4n) is 2.19. The van der Waals surface area contributed by atoms with Gasteiger partial charge >= 0.3 is 6.03 Å². The van der Waals surface area contributed by atoms with Crippen molar-refractivity contribution in [3.63, 3.8) is 0 Å². The molecule has 0 aromatic heterocycles. The molecule has 2 fully saturated rings. The largest absolute Gasteiger partial charge is 0.338 e. The van der Waals surface area contributed by atoms with Gasteiger partial charge in [0.2, 0.25) is 0 Å². The van der Waals surface area contributed by atoms with Gasteiger partial charge in [-0.1, -0.05) is 12.8 Å². The van der Waals surface area contributed by atoms with E-state index in [4.69, 9.17) is 0 Å². The minimum Gasteiger partial charge on any atom is -0.338 e. The van der Waals surface area contributed by atoms with Gasteiger partial charge in [0, 0.05) is 18.6 Å². The van der Waals surface area contributed by atoms with Gasteiger partial charge in [-0.2, -0.15) is 0 Å². The lowest BCUT2D eigenvalue weighted by Crippen LogP contribution is -2.41. The third kappa shape index (κ3) is 4.39. The van der Waals surface area contributed by atoms with Crippen LogP contribution in [0, 0.1) is 0 Å². The predicted octanol–water partition coefficient (Wildman–Crippen LogP) is 1.37. The van der Waals surface area contributed by atoms with Crippen LogP contribution in [0.4, 0.5) is 4.79 Å². The van der Waals surface area contributed by atoms with Crippen LogP contribution in [-0.2, 0) is 0 Å². The third-order valence-electron chi connectivity index (χ3n) is 3.34. The zero-order chi connectivity index (χ0) is 11.2. The summed E-state index contributed by atoms with van der Waals surface area (Å²) in [5.74, 6) is 0. The summed E-state index contributed by atoms with van der Waals surface area (Å²) in [5, 5.41) is 9.37. The van der Waals surface area contributed by atoms with Crippen LogP contribution in [0.2, 0.25) is 0 Å². The van der Waals surface area contributed by atoms with Gasteiger partial charge in [0.05, 0.1) is 0 Å². The first-order chi connectivity index (χ1) is 7.84. The van der Waals surface area contributed by atoms with Crippen molar-refractivity contribution in [3.05, 3.63) is 0 Å². The van der Waals surface area contributed by atoms with Crippen LogP contribution in [0.1, 0.15) is 44.9 Å². The van der Waals surface area contributed by atoms with Gasteiger partial charge in [0.1, 0.15) is 0 Å². The molecule has 92 valence electrons. The van der Waals surface area contributed by atoms with E-state index in [0.29, 0.717) is 6.04 Å². The molecule has 0 unspecified atom stereocenters. The molecule has 16 heavy (non-hydrogen) atoms. The van der Waals surface area contributed by atoms with Crippen LogP contribution in [0.5, 0.6) is 0 Å². The van der Waals surface area contributed by atoms with E-state index in [1.807, 2.05) is 0 Å². The van der Waals surface area contributed by atoms with Crippen LogP contribution < -0.4 is 16.0 Å². The molecule has 3 N–H and O–H groups in total. The molecule has 0 aromatic carbocycles. The predicted molar refractivity (Wildman–Crippen MR) is 64.4 cm³/mol. The highest BCUT2D eigenvalue weighted by atomic mass is 16.2. The molecule has 0 radical (unpaired) electrons. The Morgan fingerprint density at radius 3 is 2.44 bits per heavy atom. The zero-order valence-electron chi connectivity index (χ0n) is 9.93. The SMILES string of the molecule is O=C(NCCCNC1CC1)NC1CCCC1. The van der Waals surface area contributed by atoms with Gasteiger partial charge in [0.25, 0.3) is 0 Å². The molecule has 2 rings (SSSR count).